The van der Waals surface area contributed by atoms with Crippen molar-refractivity contribution in [2.45, 2.75) is 6.42 Å². The lowest BCUT2D eigenvalue weighted by Crippen LogP contribution is -2.35. The van der Waals surface area contributed by atoms with Crippen molar-refractivity contribution in [3.05, 3.63) is 64.1 Å². The van der Waals surface area contributed by atoms with Crippen molar-refractivity contribution in [1.82, 2.24) is 10.7 Å². The molecule has 0 unspecified atom stereocenters. The number of nitrogens with zero attached hydrogens (tertiary/aromatic N) is 1. The van der Waals surface area contributed by atoms with Gasteiger partial charge in [-0.2, -0.15) is 5.10 Å². The van der Waals surface area contributed by atoms with Crippen molar-refractivity contribution in [1.29, 1.82) is 0 Å². The van der Waals surface area contributed by atoms with Crippen LogP contribution in [0.5, 0.6) is 5.75 Å². The summed E-state index contributed by atoms with van der Waals surface area (Å²) >= 11 is 3.34. The Hall–Kier alpha value is -2.67. The van der Waals surface area contributed by atoms with Crippen molar-refractivity contribution < 1.29 is 14.3 Å². The third-order valence-corrected chi connectivity index (χ3v) is 3.77. The van der Waals surface area contributed by atoms with Crippen LogP contribution < -0.4 is 15.5 Å². The Labute approximate surface area is 154 Å². The van der Waals surface area contributed by atoms with Gasteiger partial charge in [-0.25, -0.2) is 5.43 Å². The van der Waals surface area contributed by atoms with Crippen LogP contribution in [0.15, 0.2) is 58.1 Å². The highest BCUT2D eigenvalue weighted by Gasteiger charge is 2.06. The van der Waals surface area contributed by atoms with E-state index in [1.165, 1.54) is 6.21 Å². The molecule has 0 aromatic heterocycles. The fourth-order valence-corrected chi connectivity index (χ4v) is 2.20. The Morgan fingerprint density at radius 3 is 2.40 bits per heavy atom. The Bertz CT molecular complexity index is 743. The number of hydrazone groups is 1. The largest absolute Gasteiger partial charge is 0.497 e. The van der Waals surface area contributed by atoms with E-state index in [-0.39, 0.29) is 18.9 Å². The van der Waals surface area contributed by atoms with Gasteiger partial charge in [-0.15, -0.1) is 0 Å². The Balaban J connectivity index is 1.71. The van der Waals surface area contributed by atoms with E-state index in [0.717, 1.165) is 21.3 Å². The molecule has 0 aliphatic heterocycles. The molecule has 2 aromatic carbocycles. The van der Waals surface area contributed by atoms with E-state index in [0.29, 0.717) is 0 Å². The minimum Gasteiger partial charge on any atom is -0.497 e. The van der Waals surface area contributed by atoms with Gasteiger partial charge in [0.2, 0.25) is 5.91 Å². The summed E-state index contributed by atoms with van der Waals surface area (Å²) in [5.74, 6) is 0.0980. The third kappa shape index (κ3) is 6.76. The van der Waals surface area contributed by atoms with Gasteiger partial charge in [-0.3, -0.25) is 9.59 Å². The predicted molar refractivity (Wildman–Crippen MR) is 99.6 cm³/mol. The predicted octanol–water partition coefficient (Wildman–Crippen LogP) is 2.27. The first-order chi connectivity index (χ1) is 12.1. The quantitative estimate of drug-likeness (QED) is 0.549. The molecule has 0 aliphatic carbocycles. The molecule has 2 amide bonds. The second kappa shape index (κ2) is 9.58. The molecule has 0 fully saturated rings. The number of ether oxygens (including phenoxy) is 1. The molecule has 2 aromatic rings. The molecule has 0 atom stereocenters. The fraction of sp³-hybridized carbons (Fsp3) is 0.167. The van der Waals surface area contributed by atoms with Crippen LogP contribution in [0, 0.1) is 0 Å². The molecular formula is C18H18BrN3O3. The number of rotatable bonds is 7. The molecule has 0 bridgehead atoms. The van der Waals surface area contributed by atoms with Gasteiger partial charge in [0, 0.05) is 4.47 Å². The highest BCUT2D eigenvalue weighted by Crippen LogP contribution is 2.11. The second-order valence-electron chi connectivity index (χ2n) is 5.15. The number of nitrogens with one attached hydrogen (secondary N) is 2. The first-order valence-electron chi connectivity index (χ1n) is 7.54. The van der Waals surface area contributed by atoms with E-state index in [9.17, 15) is 9.59 Å². The Morgan fingerprint density at radius 1 is 1.08 bits per heavy atom. The van der Waals surface area contributed by atoms with Gasteiger partial charge < -0.3 is 10.1 Å². The number of amides is 2. The van der Waals surface area contributed by atoms with Gasteiger partial charge in [-0.05, 0) is 35.4 Å². The Kier molecular flexibility index (Phi) is 7.16. The maximum Gasteiger partial charge on any atom is 0.259 e. The lowest BCUT2D eigenvalue weighted by molar-refractivity contribution is -0.125. The van der Waals surface area contributed by atoms with Crippen molar-refractivity contribution >= 4 is 34.0 Å². The summed E-state index contributed by atoms with van der Waals surface area (Å²) in [6.45, 7) is -0.132. The average Bonchev–Trinajstić information content (AvgIpc) is 2.62. The van der Waals surface area contributed by atoms with Crippen LogP contribution in [-0.4, -0.2) is 31.7 Å². The maximum absolute atomic E-state index is 11.8. The van der Waals surface area contributed by atoms with Gasteiger partial charge in [0.15, 0.2) is 0 Å². The normalized spacial score (nSPS) is 10.5. The van der Waals surface area contributed by atoms with Crippen molar-refractivity contribution in [2.24, 2.45) is 5.10 Å². The summed E-state index contributed by atoms with van der Waals surface area (Å²) in [6.07, 6.45) is 1.73. The SMILES string of the molecule is COc1ccc(CC(=O)NCC(=O)N/N=C/c2ccc(Br)cc2)cc1. The minimum absolute atomic E-state index is 0.132. The molecule has 0 radical (unpaired) electrons. The smallest absolute Gasteiger partial charge is 0.259 e. The molecule has 130 valence electrons. The van der Waals surface area contributed by atoms with E-state index >= 15 is 0 Å². The number of hydrogen-bond donors (Lipinski definition) is 2. The third-order valence-electron chi connectivity index (χ3n) is 3.24. The molecule has 6 nitrogen and oxygen atoms in total. The molecular weight excluding hydrogens is 386 g/mol. The molecule has 0 aliphatic rings. The van der Waals surface area contributed by atoms with Crippen molar-refractivity contribution in [3.63, 3.8) is 0 Å². The monoisotopic (exact) mass is 403 g/mol. The summed E-state index contributed by atoms with van der Waals surface area (Å²) in [5, 5.41) is 6.40. The second-order valence-corrected chi connectivity index (χ2v) is 6.06. The Morgan fingerprint density at radius 2 is 1.76 bits per heavy atom. The van der Waals surface area contributed by atoms with E-state index in [4.69, 9.17) is 4.74 Å². The first-order valence-corrected chi connectivity index (χ1v) is 8.33. The van der Waals surface area contributed by atoms with Gasteiger partial charge >= 0.3 is 0 Å². The number of methoxy groups -OCH3 is 1. The zero-order valence-electron chi connectivity index (χ0n) is 13.7. The molecule has 25 heavy (non-hydrogen) atoms. The average molecular weight is 404 g/mol. The van der Waals surface area contributed by atoms with Gasteiger partial charge in [0.25, 0.3) is 5.91 Å². The van der Waals surface area contributed by atoms with Crippen LogP contribution in [0.4, 0.5) is 0 Å². The summed E-state index contributed by atoms with van der Waals surface area (Å²) in [7, 11) is 1.58. The maximum atomic E-state index is 11.8. The van der Waals surface area contributed by atoms with Crippen LogP contribution >= 0.6 is 15.9 Å². The van der Waals surface area contributed by atoms with Crippen LogP contribution in [0.25, 0.3) is 0 Å². The standard InChI is InChI=1S/C18H18BrN3O3/c1-25-16-8-4-13(5-9-16)10-17(23)20-12-18(24)22-21-11-14-2-6-15(19)7-3-14/h2-9,11H,10,12H2,1H3,(H,20,23)(H,22,24)/b21-11+. The zero-order chi connectivity index (χ0) is 18.1. The summed E-state index contributed by atoms with van der Waals surface area (Å²) in [5.41, 5.74) is 4.06. The number of halogens is 1. The minimum atomic E-state index is -0.392. The van der Waals surface area contributed by atoms with E-state index in [1.54, 1.807) is 31.4 Å². The van der Waals surface area contributed by atoms with Gasteiger partial charge in [0.05, 0.1) is 26.3 Å². The molecule has 0 saturated heterocycles. The summed E-state index contributed by atoms with van der Waals surface area (Å²) in [6, 6.07) is 14.7. The molecule has 2 rings (SSSR count). The highest BCUT2D eigenvalue weighted by atomic mass is 79.9. The lowest BCUT2D eigenvalue weighted by atomic mass is 10.1. The number of benzene rings is 2. The van der Waals surface area contributed by atoms with E-state index in [1.807, 2.05) is 24.3 Å². The van der Waals surface area contributed by atoms with Crippen LogP contribution in [0.2, 0.25) is 0 Å². The van der Waals surface area contributed by atoms with Crippen LogP contribution in [0.3, 0.4) is 0 Å². The first kappa shape index (κ1) is 18.7. The topological polar surface area (TPSA) is 79.8 Å². The molecule has 0 heterocycles. The summed E-state index contributed by atoms with van der Waals surface area (Å²) < 4.78 is 6.03. The summed E-state index contributed by atoms with van der Waals surface area (Å²) in [4.78, 5) is 23.5. The highest BCUT2D eigenvalue weighted by molar-refractivity contribution is 9.10. The van der Waals surface area contributed by atoms with Gasteiger partial charge in [-0.1, -0.05) is 40.2 Å². The number of carbonyl (C=O) groups excluding carboxylic acids is 2. The molecule has 0 saturated carbocycles. The van der Waals surface area contributed by atoms with Crippen molar-refractivity contribution in [2.75, 3.05) is 13.7 Å². The van der Waals surface area contributed by atoms with Gasteiger partial charge in [0.1, 0.15) is 5.75 Å². The molecule has 7 heteroatoms. The zero-order valence-corrected chi connectivity index (χ0v) is 15.2. The molecule has 0 spiro atoms. The van der Waals surface area contributed by atoms with Crippen molar-refractivity contribution in [3.8, 4) is 5.75 Å². The number of carbonyl (C=O) groups is 2. The van der Waals surface area contributed by atoms with Crippen LogP contribution in [0.1, 0.15) is 11.1 Å². The van der Waals surface area contributed by atoms with Crippen LogP contribution in [-0.2, 0) is 16.0 Å². The molecule has 2 N–H and O–H groups in total. The number of hydrogen-bond acceptors (Lipinski definition) is 4. The van der Waals surface area contributed by atoms with E-state index < -0.39 is 5.91 Å². The fourth-order valence-electron chi connectivity index (χ4n) is 1.94. The van der Waals surface area contributed by atoms with E-state index in [2.05, 4.69) is 31.8 Å². The lowest BCUT2D eigenvalue weighted by Gasteiger charge is -2.05.